The van der Waals surface area contributed by atoms with E-state index in [0.29, 0.717) is 10.6 Å². The number of ether oxygens (including phenoxy) is 1. The molecule has 0 aliphatic carbocycles. The minimum absolute atomic E-state index is 0.352. The summed E-state index contributed by atoms with van der Waals surface area (Å²) in [6.07, 6.45) is 2.41. The van der Waals surface area contributed by atoms with Crippen LogP contribution in [-0.2, 0) is 4.74 Å². The van der Waals surface area contributed by atoms with Gasteiger partial charge in [0.1, 0.15) is 0 Å². The highest BCUT2D eigenvalue weighted by Crippen LogP contribution is 2.29. The second-order valence-electron chi connectivity index (χ2n) is 3.85. The monoisotopic (exact) mass is 239 g/mol. The zero-order valence-corrected chi connectivity index (χ0v) is 9.96. The Bertz CT molecular complexity index is 400. The highest BCUT2D eigenvalue weighted by atomic mass is 35.5. The standard InChI is InChI=1S/C12H14ClNO2/c1-16-12(15)9-4-5-11(10(13)8-9)14-6-2-3-7-14/h4-5,8H,2-3,6-7H2,1H3. The normalized spacial score (nSPS) is 15.2. The quantitative estimate of drug-likeness (QED) is 0.744. The number of methoxy groups -OCH3 is 1. The first-order valence-corrected chi connectivity index (χ1v) is 5.73. The fraction of sp³-hybridized carbons (Fsp3) is 0.417. The van der Waals surface area contributed by atoms with Gasteiger partial charge in [-0.1, -0.05) is 11.6 Å². The van der Waals surface area contributed by atoms with Gasteiger partial charge in [-0.05, 0) is 31.0 Å². The van der Waals surface area contributed by atoms with Gasteiger partial charge >= 0.3 is 5.97 Å². The molecule has 1 aromatic carbocycles. The molecule has 0 N–H and O–H groups in total. The SMILES string of the molecule is COC(=O)c1ccc(N2CCCC2)c(Cl)c1. The zero-order chi connectivity index (χ0) is 11.5. The third-order valence-electron chi connectivity index (χ3n) is 2.82. The van der Waals surface area contributed by atoms with Crippen molar-refractivity contribution in [3.05, 3.63) is 28.8 Å². The van der Waals surface area contributed by atoms with Crippen LogP contribution in [-0.4, -0.2) is 26.2 Å². The van der Waals surface area contributed by atoms with Gasteiger partial charge in [-0.25, -0.2) is 4.79 Å². The number of hydrogen-bond donors (Lipinski definition) is 0. The molecular weight excluding hydrogens is 226 g/mol. The second-order valence-corrected chi connectivity index (χ2v) is 4.26. The van der Waals surface area contributed by atoms with Crippen molar-refractivity contribution >= 4 is 23.3 Å². The van der Waals surface area contributed by atoms with E-state index < -0.39 is 0 Å². The molecule has 1 aromatic rings. The number of benzene rings is 1. The highest BCUT2D eigenvalue weighted by Gasteiger charge is 2.16. The van der Waals surface area contributed by atoms with Gasteiger partial charge in [0.2, 0.25) is 0 Å². The van der Waals surface area contributed by atoms with Crippen LogP contribution in [0.2, 0.25) is 5.02 Å². The summed E-state index contributed by atoms with van der Waals surface area (Å²) < 4.78 is 4.65. The van der Waals surface area contributed by atoms with Crippen LogP contribution in [0.15, 0.2) is 18.2 Å². The van der Waals surface area contributed by atoms with E-state index in [1.54, 1.807) is 12.1 Å². The molecule has 1 aliphatic heterocycles. The van der Waals surface area contributed by atoms with Gasteiger partial charge in [0.05, 0.1) is 23.4 Å². The zero-order valence-electron chi connectivity index (χ0n) is 9.20. The maximum atomic E-state index is 11.3. The van der Waals surface area contributed by atoms with Gasteiger partial charge in [-0.3, -0.25) is 0 Å². The molecule has 1 fully saturated rings. The first-order chi connectivity index (χ1) is 7.72. The third kappa shape index (κ3) is 2.14. The lowest BCUT2D eigenvalue weighted by Gasteiger charge is -2.19. The number of hydrogen-bond acceptors (Lipinski definition) is 3. The van der Waals surface area contributed by atoms with Gasteiger partial charge < -0.3 is 9.64 Å². The molecule has 2 rings (SSSR count). The third-order valence-corrected chi connectivity index (χ3v) is 3.12. The fourth-order valence-corrected chi connectivity index (χ4v) is 2.27. The topological polar surface area (TPSA) is 29.5 Å². The molecule has 0 unspecified atom stereocenters. The fourth-order valence-electron chi connectivity index (χ4n) is 1.97. The molecule has 1 heterocycles. The molecule has 0 spiro atoms. The van der Waals surface area contributed by atoms with Crippen LogP contribution in [0.4, 0.5) is 5.69 Å². The molecule has 0 radical (unpaired) electrons. The van der Waals surface area contributed by atoms with E-state index in [4.69, 9.17) is 11.6 Å². The Morgan fingerprint density at radius 3 is 2.62 bits per heavy atom. The molecular formula is C12H14ClNO2. The highest BCUT2D eigenvalue weighted by molar-refractivity contribution is 6.33. The van der Waals surface area contributed by atoms with Crippen molar-refractivity contribution in [3.8, 4) is 0 Å². The van der Waals surface area contributed by atoms with E-state index in [0.717, 1.165) is 18.8 Å². The smallest absolute Gasteiger partial charge is 0.337 e. The van der Waals surface area contributed by atoms with Crippen molar-refractivity contribution in [3.63, 3.8) is 0 Å². The maximum Gasteiger partial charge on any atom is 0.337 e. The Balaban J connectivity index is 2.25. The summed E-state index contributed by atoms with van der Waals surface area (Å²) in [7, 11) is 1.37. The van der Waals surface area contributed by atoms with Crippen molar-refractivity contribution in [1.29, 1.82) is 0 Å². The molecule has 4 heteroatoms. The van der Waals surface area contributed by atoms with E-state index in [-0.39, 0.29) is 5.97 Å². The lowest BCUT2D eigenvalue weighted by molar-refractivity contribution is 0.0601. The molecule has 1 aliphatic rings. The van der Waals surface area contributed by atoms with Gasteiger partial charge in [0, 0.05) is 13.1 Å². The molecule has 0 bridgehead atoms. The summed E-state index contributed by atoms with van der Waals surface area (Å²) in [5, 5.41) is 0.616. The molecule has 86 valence electrons. The first kappa shape index (κ1) is 11.3. The van der Waals surface area contributed by atoms with E-state index in [1.165, 1.54) is 20.0 Å². The maximum absolute atomic E-state index is 11.3. The van der Waals surface area contributed by atoms with Crippen LogP contribution in [0.5, 0.6) is 0 Å². The minimum atomic E-state index is -0.352. The van der Waals surface area contributed by atoms with Gasteiger partial charge in [-0.2, -0.15) is 0 Å². The lowest BCUT2D eigenvalue weighted by Crippen LogP contribution is -2.18. The molecule has 3 nitrogen and oxygen atoms in total. The van der Waals surface area contributed by atoms with E-state index in [2.05, 4.69) is 9.64 Å². The average Bonchev–Trinajstić information content (AvgIpc) is 2.81. The van der Waals surface area contributed by atoms with Crippen LogP contribution in [0.25, 0.3) is 0 Å². The summed E-state index contributed by atoms with van der Waals surface area (Å²) in [4.78, 5) is 13.5. The molecule has 0 aromatic heterocycles. The molecule has 1 saturated heterocycles. The van der Waals surface area contributed by atoms with Crippen molar-refractivity contribution in [2.45, 2.75) is 12.8 Å². The van der Waals surface area contributed by atoms with Crippen molar-refractivity contribution < 1.29 is 9.53 Å². The van der Waals surface area contributed by atoms with Crippen LogP contribution in [0.1, 0.15) is 23.2 Å². The number of halogens is 1. The van der Waals surface area contributed by atoms with Crippen molar-refractivity contribution in [2.24, 2.45) is 0 Å². The van der Waals surface area contributed by atoms with Crippen LogP contribution < -0.4 is 4.90 Å². The molecule has 0 atom stereocenters. The number of nitrogens with zero attached hydrogens (tertiary/aromatic N) is 1. The van der Waals surface area contributed by atoms with E-state index in [1.807, 2.05) is 6.07 Å². The number of rotatable bonds is 2. The summed E-state index contributed by atoms with van der Waals surface area (Å²) >= 11 is 6.16. The van der Waals surface area contributed by atoms with Crippen molar-refractivity contribution in [2.75, 3.05) is 25.1 Å². The second kappa shape index (κ2) is 4.74. The Labute approximate surface area is 100.0 Å². The minimum Gasteiger partial charge on any atom is -0.465 e. The first-order valence-electron chi connectivity index (χ1n) is 5.35. The Morgan fingerprint density at radius 2 is 2.06 bits per heavy atom. The summed E-state index contributed by atoms with van der Waals surface area (Å²) in [5.41, 5.74) is 1.50. The summed E-state index contributed by atoms with van der Waals surface area (Å²) in [6.45, 7) is 2.08. The summed E-state index contributed by atoms with van der Waals surface area (Å²) in [6, 6.07) is 5.31. The predicted molar refractivity (Wildman–Crippen MR) is 64.2 cm³/mol. The predicted octanol–water partition coefficient (Wildman–Crippen LogP) is 2.73. The van der Waals surface area contributed by atoms with Gasteiger partial charge in [0.15, 0.2) is 0 Å². The summed E-state index contributed by atoms with van der Waals surface area (Å²) in [5.74, 6) is -0.352. The Hall–Kier alpha value is -1.22. The Kier molecular flexibility index (Phi) is 3.34. The number of carbonyl (C=O) groups excluding carboxylic acids is 1. The van der Waals surface area contributed by atoms with E-state index in [9.17, 15) is 4.79 Å². The number of esters is 1. The average molecular weight is 240 g/mol. The van der Waals surface area contributed by atoms with Gasteiger partial charge in [-0.15, -0.1) is 0 Å². The van der Waals surface area contributed by atoms with Crippen LogP contribution in [0.3, 0.4) is 0 Å². The lowest BCUT2D eigenvalue weighted by atomic mass is 10.2. The largest absolute Gasteiger partial charge is 0.465 e. The van der Waals surface area contributed by atoms with Crippen LogP contribution in [0, 0.1) is 0 Å². The number of anilines is 1. The molecule has 0 saturated carbocycles. The van der Waals surface area contributed by atoms with Crippen LogP contribution >= 0.6 is 11.6 Å². The number of carbonyl (C=O) groups is 1. The van der Waals surface area contributed by atoms with Crippen molar-refractivity contribution in [1.82, 2.24) is 0 Å². The van der Waals surface area contributed by atoms with E-state index >= 15 is 0 Å². The molecule has 0 amide bonds. The molecule has 16 heavy (non-hydrogen) atoms. The van der Waals surface area contributed by atoms with Gasteiger partial charge in [0.25, 0.3) is 0 Å². The Morgan fingerprint density at radius 1 is 1.38 bits per heavy atom.